The molecule has 0 aliphatic carbocycles. The summed E-state index contributed by atoms with van der Waals surface area (Å²) in [7, 11) is 0. The fourth-order valence-corrected chi connectivity index (χ4v) is 0. The summed E-state index contributed by atoms with van der Waals surface area (Å²) in [5.41, 5.74) is 0. The van der Waals surface area contributed by atoms with Crippen molar-refractivity contribution in [3.8, 4) is 0 Å². The molecule has 0 aliphatic rings. The molecule has 19 heavy (non-hydrogen) atoms. The fourth-order valence-electron chi connectivity index (χ4n) is 0. The molecule has 0 spiro atoms. The summed E-state index contributed by atoms with van der Waals surface area (Å²) in [5, 5.41) is 40.6. The number of hydrogen-bond acceptors (Lipinski definition) is 6. The minimum atomic E-state index is 0. The normalized spacial score (nSPS) is 2.53. The van der Waals surface area contributed by atoms with Gasteiger partial charge in [0, 0.05) is 31.1 Å². The van der Waals surface area contributed by atoms with E-state index in [9.17, 15) is 0 Å². The Kier molecular flexibility index (Phi) is 658. The van der Waals surface area contributed by atoms with Gasteiger partial charge < -0.3 is 32.5 Å². The van der Waals surface area contributed by atoms with Crippen LogP contribution in [0.1, 0.15) is 0 Å². The molecular formula is C6N6O6U-6. The van der Waals surface area contributed by atoms with E-state index in [-0.39, 0.29) is 31.1 Å². The Morgan fingerprint density at radius 1 is 0.368 bits per heavy atom. The molecule has 0 atom stereocenters. The van der Waals surface area contributed by atoms with E-state index < -0.39 is 0 Å². The number of nitrogens with zero attached hydrogens (tertiary/aromatic N) is 6. The van der Waals surface area contributed by atoms with Crippen molar-refractivity contribution in [2.75, 3.05) is 0 Å². The van der Waals surface area contributed by atoms with E-state index in [0.717, 1.165) is 0 Å². The van der Waals surface area contributed by atoms with Gasteiger partial charge in [0.1, 0.15) is 0 Å². The van der Waals surface area contributed by atoms with Gasteiger partial charge in [-0.05, 0) is 36.5 Å². The van der Waals surface area contributed by atoms with E-state index in [1.54, 1.807) is 0 Å². The summed E-state index contributed by atoms with van der Waals surface area (Å²) in [6, 6.07) is 0. The van der Waals surface area contributed by atoms with Crippen LogP contribution in [-0.2, 0) is 28.8 Å². The van der Waals surface area contributed by atoms with Crippen molar-refractivity contribution in [3.63, 3.8) is 0 Å². The Morgan fingerprint density at radius 3 is 0.368 bits per heavy atom. The summed E-state index contributed by atoms with van der Waals surface area (Å²) >= 11 is 0. The summed E-state index contributed by atoms with van der Waals surface area (Å²) in [4.78, 5) is 49.4. The molecule has 100 valence electrons. The zero-order valence-electron chi connectivity index (χ0n) is 8.63. The number of carbonyl (C=O) groups excluding carboxylic acids is 6. The van der Waals surface area contributed by atoms with Crippen LogP contribution < -0.4 is 0 Å². The topological polar surface area (TPSA) is 236 Å². The van der Waals surface area contributed by atoms with Crippen LogP contribution in [-0.4, -0.2) is 36.5 Å². The number of hydrogen-bond donors (Lipinski definition) is 0. The largest absolute Gasteiger partial charge is 0.724 e. The standard InChI is InChI=1S/6CNO.U/c6*2-1-3;/q6*-1;. The molecular weight excluding hydrogens is 490 g/mol. The van der Waals surface area contributed by atoms with Crippen molar-refractivity contribution < 1.29 is 59.9 Å². The zero-order chi connectivity index (χ0) is 16.2. The van der Waals surface area contributed by atoms with Gasteiger partial charge >= 0.3 is 0 Å². The summed E-state index contributed by atoms with van der Waals surface area (Å²) in [6.07, 6.45) is 3.00. The van der Waals surface area contributed by atoms with Crippen molar-refractivity contribution >= 4 is 36.5 Å². The van der Waals surface area contributed by atoms with E-state index >= 15 is 0 Å². The van der Waals surface area contributed by atoms with Gasteiger partial charge in [-0.25, -0.2) is 0 Å². The predicted octanol–water partition coefficient (Wildman–Crippen LogP) is -0.650. The van der Waals surface area contributed by atoms with Crippen LogP contribution in [0.3, 0.4) is 0 Å². The molecule has 0 aromatic rings. The van der Waals surface area contributed by atoms with Crippen molar-refractivity contribution in [1.82, 2.24) is 0 Å². The van der Waals surface area contributed by atoms with Crippen LogP contribution in [0.4, 0.5) is 0 Å². The first-order valence-corrected chi connectivity index (χ1v) is 2.57. The van der Waals surface area contributed by atoms with Gasteiger partial charge in [-0.3, -0.25) is 28.8 Å². The molecule has 0 aromatic heterocycles. The quantitative estimate of drug-likeness (QED) is 0.316. The second-order valence-corrected chi connectivity index (χ2v) is 0.548. The third kappa shape index (κ3) is 383. The molecule has 12 nitrogen and oxygen atoms in total. The van der Waals surface area contributed by atoms with Gasteiger partial charge in [-0.2, -0.15) is 0 Å². The van der Waals surface area contributed by atoms with Crippen LogP contribution in [0.15, 0.2) is 0 Å². The smallest absolute Gasteiger partial charge is 0 e. The second kappa shape index (κ2) is 284. The Balaban J connectivity index is -0.0000000180. The van der Waals surface area contributed by atoms with E-state index in [4.69, 9.17) is 61.2 Å². The van der Waals surface area contributed by atoms with Crippen LogP contribution >= 0.6 is 0 Å². The maximum atomic E-state index is 8.24. The van der Waals surface area contributed by atoms with Crippen molar-refractivity contribution in [2.45, 2.75) is 0 Å². The van der Waals surface area contributed by atoms with E-state index in [0.29, 0.717) is 36.5 Å². The SMILES string of the molecule is [N-]=C=O.[N-]=C=O.[N-]=C=O.[N-]=C=O.[N-]=C=O.[N-]=C=O.[U]. The van der Waals surface area contributed by atoms with Crippen LogP contribution in [0.2, 0.25) is 0 Å². The average molecular weight is 490 g/mol. The molecule has 0 aliphatic heterocycles. The maximum Gasteiger partial charge on any atom is 0 e. The molecule has 0 rings (SSSR count). The molecule has 0 saturated carbocycles. The molecule has 13 heteroatoms. The number of isocyanates is 6. The predicted molar refractivity (Wildman–Crippen MR) is 54.3 cm³/mol. The maximum absolute atomic E-state index is 8.24. The Hall–Kier alpha value is -2.67. The van der Waals surface area contributed by atoms with Crippen molar-refractivity contribution in [1.29, 1.82) is 0 Å². The Morgan fingerprint density at radius 2 is 0.368 bits per heavy atom. The Bertz CT molecular complexity index is 253. The molecule has 0 heterocycles. The van der Waals surface area contributed by atoms with Crippen molar-refractivity contribution in [2.24, 2.45) is 0 Å². The van der Waals surface area contributed by atoms with Gasteiger partial charge in [0.2, 0.25) is 0 Å². The van der Waals surface area contributed by atoms with Gasteiger partial charge in [-0.15, -0.1) is 0 Å². The first kappa shape index (κ1) is 44.1. The van der Waals surface area contributed by atoms with Gasteiger partial charge in [0.05, 0.1) is 0 Å². The molecule has 0 saturated heterocycles. The number of rotatable bonds is 0. The molecule has 0 radical (unpaired) electrons. The molecule has 0 aromatic carbocycles. The molecule has 0 bridgehead atoms. The van der Waals surface area contributed by atoms with E-state index in [1.165, 1.54) is 0 Å². The van der Waals surface area contributed by atoms with Gasteiger partial charge in [-0.1, -0.05) is 0 Å². The third-order valence-electron chi connectivity index (χ3n) is 0. The van der Waals surface area contributed by atoms with Crippen LogP contribution in [0.5, 0.6) is 0 Å². The molecule has 0 unspecified atom stereocenters. The van der Waals surface area contributed by atoms with Crippen molar-refractivity contribution in [3.05, 3.63) is 32.5 Å². The molecule has 0 amide bonds. The zero-order valence-corrected chi connectivity index (χ0v) is 12.8. The monoisotopic (exact) mass is 490 g/mol. The summed E-state index contributed by atoms with van der Waals surface area (Å²) < 4.78 is 0. The first-order chi connectivity index (χ1) is 8.49. The fraction of sp³-hybridized carbons (Fsp3) is 0. The molecule has 0 N–H and O–H groups in total. The molecule has 0 fully saturated rings. The summed E-state index contributed by atoms with van der Waals surface area (Å²) in [5.74, 6) is 0. The minimum absolute atomic E-state index is 0. The third-order valence-corrected chi connectivity index (χ3v) is 0. The average Bonchev–Trinajstić information content (AvgIpc) is 2.23. The minimum Gasteiger partial charge on any atom is -0.724 e. The van der Waals surface area contributed by atoms with Crippen LogP contribution in [0, 0.1) is 31.1 Å². The second-order valence-electron chi connectivity index (χ2n) is 0.548. The first-order valence-electron chi connectivity index (χ1n) is 2.57. The van der Waals surface area contributed by atoms with Gasteiger partial charge in [0.25, 0.3) is 0 Å². The van der Waals surface area contributed by atoms with Gasteiger partial charge in [0.15, 0.2) is 0 Å². The van der Waals surface area contributed by atoms with Crippen LogP contribution in [0.25, 0.3) is 32.5 Å². The Labute approximate surface area is 129 Å². The van der Waals surface area contributed by atoms with E-state index in [1.807, 2.05) is 0 Å². The summed E-state index contributed by atoms with van der Waals surface area (Å²) in [6.45, 7) is 0. The van der Waals surface area contributed by atoms with E-state index in [2.05, 4.69) is 0 Å².